The van der Waals surface area contributed by atoms with Gasteiger partial charge in [-0.05, 0) is 98.1 Å². The fourth-order valence-corrected chi connectivity index (χ4v) is 6.97. The van der Waals surface area contributed by atoms with E-state index >= 15 is 0 Å². The van der Waals surface area contributed by atoms with E-state index in [4.69, 9.17) is 24.1 Å². The molecule has 0 aliphatic heterocycles. The third-order valence-electron chi connectivity index (χ3n) is 10.3. The Bertz CT molecular complexity index is 1420. The number of rotatable bonds is 19. The Morgan fingerprint density at radius 2 is 1.44 bits per heavy atom. The predicted octanol–water partition coefficient (Wildman–Crippen LogP) is 8.33. The number of carbonyl (C=O) groups excluding carboxylic acids is 2. The van der Waals surface area contributed by atoms with Crippen LogP contribution in [0.1, 0.15) is 97.0 Å². The molecule has 274 valence electrons. The Morgan fingerprint density at radius 1 is 0.800 bits per heavy atom. The van der Waals surface area contributed by atoms with E-state index < -0.39 is 24.0 Å². The lowest BCUT2D eigenvalue weighted by atomic mass is 9.70. The molecule has 1 fully saturated rings. The third kappa shape index (κ3) is 11.7. The van der Waals surface area contributed by atoms with E-state index in [2.05, 4.69) is 43.8 Å². The van der Waals surface area contributed by atoms with Crippen LogP contribution in [0, 0.1) is 23.2 Å². The second-order valence-corrected chi connectivity index (χ2v) is 14.6. The number of aliphatic hydroxyl groups excluding tert-OH is 2. The van der Waals surface area contributed by atoms with Crippen LogP contribution in [-0.2, 0) is 19.1 Å². The van der Waals surface area contributed by atoms with Gasteiger partial charge in [0, 0.05) is 6.07 Å². The maximum absolute atomic E-state index is 12.2. The molecule has 2 N–H and O–H groups in total. The van der Waals surface area contributed by atoms with Crippen molar-refractivity contribution >= 4 is 17.5 Å². The van der Waals surface area contributed by atoms with E-state index in [0.717, 1.165) is 35.3 Å². The lowest BCUT2D eigenvalue weighted by Crippen LogP contribution is -2.31. The molecule has 8 nitrogen and oxygen atoms in total. The fraction of sp³-hybridized carbons (Fsp3) is 0.571. The van der Waals surface area contributed by atoms with Crippen molar-refractivity contribution in [2.24, 2.45) is 23.2 Å². The van der Waals surface area contributed by atoms with Crippen LogP contribution < -0.4 is 9.47 Å². The zero-order chi connectivity index (χ0) is 35.9. The minimum atomic E-state index is -0.984. The van der Waals surface area contributed by atoms with Crippen LogP contribution in [0.3, 0.4) is 0 Å². The van der Waals surface area contributed by atoms with Crippen LogP contribution in [0.5, 0.6) is 11.5 Å². The smallest absolute Gasteiger partial charge is 0.335 e. The molecule has 0 radical (unpaired) electrons. The number of hydrogen-bond donors (Lipinski definition) is 2. The van der Waals surface area contributed by atoms with Crippen molar-refractivity contribution < 1.29 is 38.7 Å². The Kier molecular flexibility index (Phi) is 15.4. The molecule has 0 spiro atoms. The zero-order valence-corrected chi connectivity index (χ0v) is 30.4. The highest BCUT2D eigenvalue weighted by atomic mass is 16.6. The topological polar surface area (TPSA) is 112 Å². The van der Waals surface area contributed by atoms with Crippen molar-refractivity contribution in [1.82, 2.24) is 0 Å². The minimum absolute atomic E-state index is 0.0140. The molecule has 0 heterocycles. The van der Waals surface area contributed by atoms with Crippen LogP contribution >= 0.6 is 0 Å². The van der Waals surface area contributed by atoms with Gasteiger partial charge in [0.1, 0.15) is 37.9 Å². The lowest BCUT2D eigenvalue weighted by molar-refractivity contribution is -0.156. The van der Waals surface area contributed by atoms with Crippen molar-refractivity contribution in [2.45, 2.75) is 91.4 Å². The standard InChI is InChI=1S/C42H58O8/c1-5-6-7-8-31-9-11-32(12-10-31)33-13-15-34(16-14-33)35-17-19-36(20-18-35)37-25-38(47-21-23-49-40(45)30(2)28-43)27-39(26-37)48-22-24-50-41(46)42(3,4)29-44/h15,17-20,25-27,31-33,43-44H,2,5-14,16,21-24,28-29H2,1,3-4H3. The Balaban J connectivity index is 1.37. The van der Waals surface area contributed by atoms with E-state index in [0.29, 0.717) is 11.5 Å². The summed E-state index contributed by atoms with van der Waals surface area (Å²) in [7, 11) is 0. The summed E-state index contributed by atoms with van der Waals surface area (Å²) in [6.45, 7) is 8.45. The van der Waals surface area contributed by atoms with Crippen LogP contribution in [0.2, 0.25) is 0 Å². The zero-order valence-electron chi connectivity index (χ0n) is 30.4. The number of esters is 2. The summed E-state index contributed by atoms with van der Waals surface area (Å²) in [5.74, 6) is 2.54. The van der Waals surface area contributed by atoms with E-state index in [-0.39, 0.29) is 38.6 Å². The maximum Gasteiger partial charge on any atom is 0.335 e. The normalized spacial score (nSPS) is 19.3. The van der Waals surface area contributed by atoms with Crippen molar-refractivity contribution in [2.75, 3.05) is 39.6 Å². The van der Waals surface area contributed by atoms with Crippen LogP contribution in [0.15, 0.2) is 60.7 Å². The molecule has 1 unspecified atom stereocenters. The van der Waals surface area contributed by atoms with Gasteiger partial charge in [0.15, 0.2) is 0 Å². The number of unbranched alkanes of at least 4 members (excludes halogenated alkanes) is 2. The molecule has 0 aromatic heterocycles. The summed E-state index contributed by atoms with van der Waals surface area (Å²) in [5, 5.41) is 18.5. The highest BCUT2D eigenvalue weighted by Crippen LogP contribution is 2.42. The summed E-state index contributed by atoms with van der Waals surface area (Å²) < 4.78 is 22.3. The molecule has 1 atom stereocenters. The fourth-order valence-electron chi connectivity index (χ4n) is 6.97. The van der Waals surface area contributed by atoms with Crippen LogP contribution in [0.25, 0.3) is 16.7 Å². The average Bonchev–Trinajstić information content (AvgIpc) is 3.15. The van der Waals surface area contributed by atoms with Crippen molar-refractivity contribution in [3.63, 3.8) is 0 Å². The quantitative estimate of drug-likeness (QED) is 0.0860. The first-order valence-electron chi connectivity index (χ1n) is 18.6. The molecule has 2 aliphatic rings. The number of allylic oxidation sites excluding steroid dienone is 2. The average molecular weight is 691 g/mol. The maximum atomic E-state index is 12.2. The first-order chi connectivity index (χ1) is 24.1. The minimum Gasteiger partial charge on any atom is -0.490 e. The van der Waals surface area contributed by atoms with Crippen molar-refractivity contribution in [1.29, 1.82) is 0 Å². The molecule has 0 bridgehead atoms. The van der Waals surface area contributed by atoms with E-state index in [1.807, 2.05) is 12.1 Å². The largest absolute Gasteiger partial charge is 0.490 e. The van der Waals surface area contributed by atoms with Gasteiger partial charge in [0.05, 0.1) is 24.2 Å². The molecular formula is C42H58O8. The number of ether oxygens (including phenoxy) is 4. The predicted molar refractivity (Wildman–Crippen MR) is 197 cm³/mol. The molecule has 1 saturated carbocycles. The van der Waals surface area contributed by atoms with Gasteiger partial charge < -0.3 is 29.2 Å². The van der Waals surface area contributed by atoms with Gasteiger partial charge in [-0.25, -0.2) is 4.79 Å². The second kappa shape index (κ2) is 19.7. The molecule has 0 amide bonds. The van der Waals surface area contributed by atoms with Crippen LogP contribution in [-0.4, -0.2) is 61.8 Å². The summed E-state index contributed by atoms with van der Waals surface area (Å²) >= 11 is 0. The monoisotopic (exact) mass is 690 g/mol. The molecule has 4 rings (SSSR count). The first-order valence-corrected chi connectivity index (χ1v) is 18.6. The van der Waals surface area contributed by atoms with Gasteiger partial charge in [-0.15, -0.1) is 0 Å². The second-order valence-electron chi connectivity index (χ2n) is 14.6. The SMILES string of the molecule is C=C(CO)C(=O)OCCOc1cc(OCCOC(=O)C(C)(C)CO)cc(-c2ccc(C3=CCC(C4CCC(CCCCC)CC4)CC3)cc2)c1. The molecular weight excluding hydrogens is 632 g/mol. The Hall–Kier alpha value is -3.62. The number of carbonyl (C=O) groups is 2. The van der Waals surface area contributed by atoms with Gasteiger partial charge in [0.2, 0.25) is 0 Å². The molecule has 8 heteroatoms. The number of benzene rings is 2. The highest BCUT2D eigenvalue weighted by molar-refractivity contribution is 5.87. The number of hydrogen-bond acceptors (Lipinski definition) is 8. The molecule has 0 saturated heterocycles. The summed E-state index contributed by atoms with van der Waals surface area (Å²) in [6.07, 6.45) is 17.2. The molecule has 2 aliphatic carbocycles. The van der Waals surface area contributed by atoms with Crippen molar-refractivity contribution in [3.8, 4) is 22.6 Å². The van der Waals surface area contributed by atoms with Crippen molar-refractivity contribution in [3.05, 3.63) is 66.3 Å². The van der Waals surface area contributed by atoms with E-state index in [9.17, 15) is 14.7 Å². The van der Waals surface area contributed by atoms with E-state index in [1.165, 1.54) is 75.3 Å². The summed E-state index contributed by atoms with van der Waals surface area (Å²) in [6, 6.07) is 14.2. The van der Waals surface area contributed by atoms with Gasteiger partial charge in [-0.2, -0.15) is 0 Å². The van der Waals surface area contributed by atoms with Gasteiger partial charge in [-0.3, -0.25) is 4.79 Å². The number of aliphatic hydroxyl groups is 2. The summed E-state index contributed by atoms with van der Waals surface area (Å²) in [5.41, 5.74) is 3.57. The third-order valence-corrected chi connectivity index (χ3v) is 10.3. The van der Waals surface area contributed by atoms with E-state index in [1.54, 1.807) is 19.9 Å². The summed E-state index contributed by atoms with van der Waals surface area (Å²) in [4.78, 5) is 24.0. The first kappa shape index (κ1) is 39.2. The Morgan fingerprint density at radius 3 is 2.02 bits per heavy atom. The lowest BCUT2D eigenvalue weighted by Gasteiger charge is -2.35. The molecule has 2 aromatic rings. The molecule has 50 heavy (non-hydrogen) atoms. The van der Waals surface area contributed by atoms with Crippen LogP contribution in [0.4, 0.5) is 0 Å². The van der Waals surface area contributed by atoms with Gasteiger partial charge >= 0.3 is 11.9 Å². The van der Waals surface area contributed by atoms with Gasteiger partial charge in [0.25, 0.3) is 0 Å². The highest BCUT2D eigenvalue weighted by Gasteiger charge is 2.29. The molecule has 2 aromatic carbocycles. The van der Waals surface area contributed by atoms with Gasteiger partial charge in [-0.1, -0.05) is 82.4 Å². The Labute approximate surface area is 298 Å².